The molecule has 0 aliphatic carbocycles. The van der Waals surface area contributed by atoms with Gasteiger partial charge in [0.2, 0.25) is 0 Å². The topological polar surface area (TPSA) is 46.9 Å². The number of carbonyl (C=O) groups excluding carboxylic acids is 1. The number of benzene rings is 1. The number of aromatic nitrogens is 2. The minimum Gasteiger partial charge on any atom is -0.321 e. The Labute approximate surface area is 108 Å². The molecule has 0 unspecified atom stereocenters. The maximum atomic E-state index is 13.6. The zero-order valence-corrected chi connectivity index (χ0v) is 9.88. The zero-order chi connectivity index (χ0) is 13.2. The molecule has 4 nitrogen and oxygen atoms in total. The first-order valence-corrected chi connectivity index (χ1v) is 5.73. The quantitative estimate of drug-likeness (QED) is 0.765. The molecule has 3 aromatic rings. The molecule has 0 aliphatic heterocycles. The van der Waals surface area contributed by atoms with Gasteiger partial charge in [-0.25, -0.2) is 0 Å². The van der Waals surface area contributed by atoms with Crippen LogP contribution in [0.25, 0.3) is 10.9 Å². The highest BCUT2D eigenvalue weighted by molar-refractivity contribution is 6.12. The number of hydrogen-bond acceptors (Lipinski definition) is 2. The molecule has 0 radical (unpaired) electrons. The normalized spacial score (nSPS) is 10.6. The Hall–Kier alpha value is -2.69. The summed E-state index contributed by atoms with van der Waals surface area (Å²) in [6, 6.07) is 10.3. The van der Waals surface area contributed by atoms with E-state index in [0.29, 0.717) is 26.9 Å². The number of halogens is 1. The van der Waals surface area contributed by atoms with Crippen LogP contribution in [0.3, 0.4) is 0 Å². The maximum absolute atomic E-state index is 13.6. The maximum Gasteiger partial charge on any atom is 0.257 e. The van der Waals surface area contributed by atoms with Crippen LogP contribution in [0, 0.1) is 0 Å². The molecule has 0 aliphatic rings. The van der Waals surface area contributed by atoms with Crippen LogP contribution >= 0.6 is 0 Å². The number of anilines is 1. The van der Waals surface area contributed by atoms with Crippen molar-refractivity contribution in [1.82, 2.24) is 9.77 Å². The van der Waals surface area contributed by atoms with Crippen molar-refractivity contribution in [3.8, 4) is 0 Å². The van der Waals surface area contributed by atoms with E-state index in [9.17, 15) is 9.28 Å². The Morgan fingerprint density at radius 2 is 2.05 bits per heavy atom. The van der Waals surface area contributed by atoms with Gasteiger partial charge >= 0.3 is 0 Å². The molecule has 94 valence electrons. The number of para-hydroxylation sites is 1. The predicted octanol–water partition coefficient (Wildman–Crippen LogP) is 3.02. The van der Waals surface area contributed by atoms with Gasteiger partial charge in [-0.15, -0.1) is 0 Å². The van der Waals surface area contributed by atoms with Crippen LogP contribution in [-0.4, -0.2) is 15.7 Å². The largest absolute Gasteiger partial charge is 0.321 e. The first-order valence-electron chi connectivity index (χ1n) is 5.73. The van der Waals surface area contributed by atoms with Crippen LogP contribution in [0.1, 0.15) is 10.4 Å². The smallest absolute Gasteiger partial charge is 0.257 e. The Morgan fingerprint density at radius 3 is 2.84 bits per heavy atom. The fourth-order valence-electron chi connectivity index (χ4n) is 1.96. The van der Waals surface area contributed by atoms with Gasteiger partial charge in [0.05, 0.1) is 29.2 Å². The highest BCUT2D eigenvalue weighted by Gasteiger charge is 2.14. The molecule has 1 aromatic carbocycles. The Morgan fingerprint density at radius 1 is 1.21 bits per heavy atom. The molecule has 0 atom stereocenters. The summed E-state index contributed by atoms with van der Waals surface area (Å²) >= 11 is 0. The molecule has 1 N–H and O–H groups in total. The summed E-state index contributed by atoms with van der Waals surface area (Å²) in [4.78, 5) is 16.5. The molecule has 0 fully saturated rings. The van der Waals surface area contributed by atoms with E-state index in [1.54, 1.807) is 42.6 Å². The molecule has 1 amide bonds. The Bertz CT molecular complexity index is 737. The molecule has 0 bridgehead atoms. The molecule has 0 spiro atoms. The lowest BCUT2D eigenvalue weighted by Crippen LogP contribution is -2.11. The Balaban J connectivity index is 1.98. The number of pyridine rings is 1. The first kappa shape index (κ1) is 11.4. The molecule has 0 saturated carbocycles. The van der Waals surface area contributed by atoms with Crippen LogP contribution < -0.4 is 5.32 Å². The molecular formula is C14H10FN3O. The van der Waals surface area contributed by atoms with Crippen molar-refractivity contribution in [3.63, 3.8) is 0 Å². The lowest BCUT2D eigenvalue weighted by molar-refractivity contribution is 0.102. The average Bonchev–Trinajstić information content (AvgIpc) is 2.78. The SMILES string of the molecule is O=C(Nc1cccnc1)c1cn(F)c2ccccc12. The van der Waals surface area contributed by atoms with Crippen molar-refractivity contribution in [2.24, 2.45) is 0 Å². The summed E-state index contributed by atoms with van der Waals surface area (Å²) in [6.45, 7) is 0. The molecule has 3 rings (SSSR count). The molecule has 0 saturated heterocycles. The van der Waals surface area contributed by atoms with Gasteiger partial charge in [0.1, 0.15) is 0 Å². The average molecular weight is 255 g/mol. The van der Waals surface area contributed by atoms with Crippen LogP contribution in [0.5, 0.6) is 0 Å². The number of amides is 1. The second-order valence-corrected chi connectivity index (χ2v) is 4.07. The lowest BCUT2D eigenvalue weighted by atomic mass is 10.1. The first-order chi connectivity index (χ1) is 9.25. The molecule has 2 aromatic heterocycles. The summed E-state index contributed by atoms with van der Waals surface area (Å²) < 4.78 is 13.6. The lowest BCUT2D eigenvalue weighted by Gasteiger charge is -2.02. The van der Waals surface area contributed by atoms with Gasteiger partial charge in [-0.2, -0.15) is 4.79 Å². The van der Waals surface area contributed by atoms with Crippen molar-refractivity contribution in [2.75, 3.05) is 5.32 Å². The predicted molar refractivity (Wildman–Crippen MR) is 70.6 cm³/mol. The van der Waals surface area contributed by atoms with Gasteiger partial charge in [0, 0.05) is 11.6 Å². The number of hydrogen-bond donors (Lipinski definition) is 1. The Kier molecular flexibility index (Phi) is 2.72. The van der Waals surface area contributed by atoms with Crippen molar-refractivity contribution < 1.29 is 9.28 Å². The number of nitrogens with zero attached hydrogens (tertiary/aromatic N) is 2. The minimum atomic E-state index is -0.361. The van der Waals surface area contributed by atoms with Crippen LogP contribution in [0.2, 0.25) is 0 Å². The summed E-state index contributed by atoms with van der Waals surface area (Å²) in [6.07, 6.45) is 4.33. The summed E-state index contributed by atoms with van der Waals surface area (Å²) in [7, 11) is 0. The summed E-state index contributed by atoms with van der Waals surface area (Å²) in [5, 5.41) is 3.26. The van der Waals surface area contributed by atoms with Crippen LogP contribution in [0.4, 0.5) is 10.2 Å². The van der Waals surface area contributed by atoms with E-state index in [4.69, 9.17) is 0 Å². The third kappa shape index (κ3) is 2.06. The fourth-order valence-corrected chi connectivity index (χ4v) is 1.96. The highest BCUT2D eigenvalue weighted by atomic mass is 19.2. The van der Waals surface area contributed by atoms with E-state index in [1.807, 2.05) is 0 Å². The van der Waals surface area contributed by atoms with E-state index < -0.39 is 0 Å². The van der Waals surface area contributed by atoms with Crippen molar-refractivity contribution in [3.05, 3.63) is 60.6 Å². The molecule has 2 heterocycles. The van der Waals surface area contributed by atoms with Crippen molar-refractivity contribution >= 4 is 22.5 Å². The number of fused-ring (bicyclic) bond motifs is 1. The van der Waals surface area contributed by atoms with Gasteiger partial charge in [0.25, 0.3) is 5.91 Å². The van der Waals surface area contributed by atoms with Gasteiger partial charge in [0.15, 0.2) is 0 Å². The monoisotopic (exact) mass is 255 g/mol. The van der Waals surface area contributed by atoms with Crippen molar-refractivity contribution in [2.45, 2.75) is 0 Å². The summed E-state index contributed by atoms with van der Waals surface area (Å²) in [5.74, 6) is -0.361. The van der Waals surface area contributed by atoms with Gasteiger partial charge in [-0.05, 0) is 18.2 Å². The zero-order valence-electron chi connectivity index (χ0n) is 9.88. The standard InChI is InChI=1S/C14H10FN3O/c15-18-9-12(11-5-1-2-6-13(11)18)14(19)17-10-4-3-7-16-8-10/h1-9H,(H,17,19). The highest BCUT2D eigenvalue weighted by Crippen LogP contribution is 2.22. The van der Waals surface area contributed by atoms with Crippen LogP contribution in [0.15, 0.2) is 55.0 Å². The van der Waals surface area contributed by atoms with E-state index in [-0.39, 0.29) is 5.91 Å². The van der Waals surface area contributed by atoms with E-state index in [2.05, 4.69) is 10.3 Å². The van der Waals surface area contributed by atoms with Crippen LogP contribution in [-0.2, 0) is 0 Å². The van der Waals surface area contributed by atoms with E-state index in [0.717, 1.165) is 0 Å². The van der Waals surface area contributed by atoms with Crippen molar-refractivity contribution in [1.29, 1.82) is 0 Å². The second-order valence-electron chi connectivity index (χ2n) is 4.07. The molecular weight excluding hydrogens is 245 g/mol. The van der Waals surface area contributed by atoms with Gasteiger partial charge in [-0.1, -0.05) is 22.7 Å². The number of nitrogens with one attached hydrogen (secondary N) is 1. The van der Waals surface area contributed by atoms with E-state index in [1.165, 1.54) is 12.4 Å². The second kappa shape index (κ2) is 4.53. The third-order valence-electron chi connectivity index (χ3n) is 2.83. The summed E-state index contributed by atoms with van der Waals surface area (Å²) in [5.41, 5.74) is 1.24. The number of carbonyl (C=O) groups is 1. The number of rotatable bonds is 2. The van der Waals surface area contributed by atoms with Gasteiger partial charge in [-0.3, -0.25) is 9.78 Å². The molecule has 5 heteroatoms. The fraction of sp³-hybridized carbons (Fsp3) is 0. The third-order valence-corrected chi connectivity index (χ3v) is 2.83. The molecule has 19 heavy (non-hydrogen) atoms. The van der Waals surface area contributed by atoms with E-state index >= 15 is 0 Å². The van der Waals surface area contributed by atoms with Gasteiger partial charge < -0.3 is 5.32 Å². The minimum absolute atomic E-state index is 0.293.